The Morgan fingerprint density at radius 3 is 2.88 bits per heavy atom. The van der Waals surface area contributed by atoms with E-state index < -0.39 is 0 Å². The van der Waals surface area contributed by atoms with E-state index in [1.54, 1.807) is 18.3 Å². The molecule has 0 aromatic carbocycles. The van der Waals surface area contributed by atoms with E-state index in [2.05, 4.69) is 17.2 Å². The Bertz CT molecular complexity index is 337. The molecule has 0 spiro atoms. The van der Waals surface area contributed by atoms with Crippen LogP contribution in [0.4, 0.5) is 5.69 Å². The summed E-state index contributed by atoms with van der Waals surface area (Å²) in [5, 5.41) is 3.25. The largest absolute Gasteiger partial charge is 0.324 e. The highest BCUT2D eigenvalue weighted by atomic mass is 35.5. The quantitative estimate of drug-likeness (QED) is 0.801. The van der Waals surface area contributed by atoms with Crippen LogP contribution in [0, 0.1) is 5.92 Å². The summed E-state index contributed by atoms with van der Waals surface area (Å²) < 4.78 is 0. The number of amides is 1. The van der Waals surface area contributed by atoms with Crippen LogP contribution in [0.15, 0.2) is 18.3 Å². The first-order valence-corrected chi connectivity index (χ1v) is 5.93. The second-order valence-electron chi connectivity index (χ2n) is 3.90. The molecule has 3 nitrogen and oxygen atoms in total. The van der Waals surface area contributed by atoms with E-state index in [-0.39, 0.29) is 11.8 Å². The van der Waals surface area contributed by atoms with E-state index >= 15 is 0 Å². The predicted octanol–water partition coefficient (Wildman–Crippen LogP) is 3.50. The fourth-order valence-electron chi connectivity index (χ4n) is 1.36. The zero-order valence-corrected chi connectivity index (χ0v) is 10.4. The average molecular weight is 241 g/mol. The number of hydrogen-bond acceptors (Lipinski definition) is 2. The van der Waals surface area contributed by atoms with Crippen molar-refractivity contribution in [2.45, 2.75) is 33.1 Å². The summed E-state index contributed by atoms with van der Waals surface area (Å²) in [5.41, 5.74) is 0.692. The molecule has 4 heteroatoms. The molecule has 1 aromatic heterocycles. The molecule has 0 radical (unpaired) electrons. The van der Waals surface area contributed by atoms with Crippen molar-refractivity contribution in [2.24, 2.45) is 5.92 Å². The number of anilines is 1. The maximum absolute atomic E-state index is 11.7. The van der Waals surface area contributed by atoms with Crippen LogP contribution < -0.4 is 5.32 Å². The maximum atomic E-state index is 11.7. The molecule has 0 aliphatic heterocycles. The van der Waals surface area contributed by atoms with Crippen molar-refractivity contribution in [3.63, 3.8) is 0 Å². The number of pyridine rings is 1. The SMILES string of the molecule is CCCCC(C)C(=O)Nc1ccc(Cl)nc1. The van der Waals surface area contributed by atoms with Gasteiger partial charge in [0.15, 0.2) is 0 Å². The minimum Gasteiger partial charge on any atom is -0.324 e. The van der Waals surface area contributed by atoms with Crippen molar-refractivity contribution < 1.29 is 4.79 Å². The Kier molecular flexibility index (Phi) is 5.26. The van der Waals surface area contributed by atoms with E-state index in [9.17, 15) is 4.79 Å². The van der Waals surface area contributed by atoms with Crippen molar-refractivity contribution in [1.82, 2.24) is 4.98 Å². The summed E-state index contributed by atoms with van der Waals surface area (Å²) in [6.45, 7) is 4.06. The highest BCUT2D eigenvalue weighted by Gasteiger charge is 2.12. The van der Waals surface area contributed by atoms with Gasteiger partial charge in [-0.05, 0) is 18.6 Å². The number of nitrogens with zero attached hydrogens (tertiary/aromatic N) is 1. The van der Waals surface area contributed by atoms with Gasteiger partial charge in [0.25, 0.3) is 0 Å². The molecule has 0 aliphatic rings. The summed E-state index contributed by atoms with van der Waals surface area (Å²) in [6, 6.07) is 3.41. The van der Waals surface area contributed by atoms with Gasteiger partial charge in [-0.2, -0.15) is 0 Å². The zero-order chi connectivity index (χ0) is 12.0. The van der Waals surface area contributed by atoms with Gasteiger partial charge in [0, 0.05) is 5.92 Å². The molecule has 88 valence electrons. The van der Waals surface area contributed by atoms with Crippen molar-refractivity contribution >= 4 is 23.2 Å². The lowest BCUT2D eigenvalue weighted by atomic mass is 10.0. The first kappa shape index (κ1) is 13.0. The molecule has 0 aliphatic carbocycles. The standard InChI is InChI=1S/C12H17ClN2O/c1-3-4-5-9(2)12(16)15-10-6-7-11(13)14-8-10/h6-9H,3-5H2,1-2H3,(H,15,16). The molecule has 1 N–H and O–H groups in total. The van der Waals surface area contributed by atoms with Gasteiger partial charge in [0.1, 0.15) is 5.15 Å². The number of rotatable bonds is 5. The molecule has 1 amide bonds. The highest BCUT2D eigenvalue weighted by Crippen LogP contribution is 2.13. The van der Waals surface area contributed by atoms with Crippen LogP contribution in [0.5, 0.6) is 0 Å². The van der Waals surface area contributed by atoms with Crippen molar-refractivity contribution in [1.29, 1.82) is 0 Å². The van der Waals surface area contributed by atoms with Gasteiger partial charge in [-0.3, -0.25) is 4.79 Å². The van der Waals surface area contributed by atoms with Crippen LogP contribution in [-0.4, -0.2) is 10.9 Å². The van der Waals surface area contributed by atoms with Crippen LogP contribution >= 0.6 is 11.6 Å². The average Bonchev–Trinajstić information content (AvgIpc) is 2.29. The zero-order valence-electron chi connectivity index (χ0n) is 9.66. The number of unbranched alkanes of at least 4 members (excludes halogenated alkanes) is 1. The predicted molar refractivity (Wildman–Crippen MR) is 66.6 cm³/mol. The molecule has 1 rings (SSSR count). The maximum Gasteiger partial charge on any atom is 0.227 e. The summed E-state index contributed by atoms with van der Waals surface area (Å²) in [6.07, 6.45) is 4.67. The Morgan fingerprint density at radius 2 is 2.31 bits per heavy atom. The highest BCUT2D eigenvalue weighted by molar-refractivity contribution is 6.29. The Balaban J connectivity index is 2.47. The second-order valence-corrected chi connectivity index (χ2v) is 4.29. The lowest BCUT2D eigenvalue weighted by Gasteiger charge is -2.11. The van der Waals surface area contributed by atoms with E-state index in [1.165, 1.54) is 0 Å². The molecule has 1 aromatic rings. The van der Waals surface area contributed by atoms with E-state index in [0.29, 0.717) is 10.8 Å². The monoisotopic (exact) mass is 240 g/mol. The summed E-state index contributed by atoms with van der Waals surface area (Å²) in [7, 11) is 0. The number of nitrogens with one attached hydrogen (secondary N) is 1. The molecule has 1 unspecified atom stereocenters. The number of aromatic nitrogens is 1. The van der Waals surface area contributed by atoms with E-state index in [1.807, 2.05) is 6.92 Å². The summed E-state index contributed by atoms with van der Waals surface area (Å²) in [5.74, 6) is 0.0770. The molecular formula is C12H17ClN2O. The number of halogens is 1. The van der Waals surface area contributed by atoms with Crippen LogP contribution in [0.1, 0.15) is 33.1 Å². The van der Waals surface area contributed by atoms with Crippen LogP contribution in [0.25, 0.3) is 0 Å². The topological polar surface area (TPSA) is 42.0 Å². The molecule has 0 bridgehead atoms. The first-order valence-electron chi connectivity index (χ1n) is 5.56. The molecule has 16 heavy (non-hydrogen) atoms. The van der Waals surface area contributed by atoms with Gasteiger partial charge < -0.3 is 5.32 Å². The lowest BCUT2D eigenvalue weighted by molar-refractivity contribution is -0.119. The van der Waals surface area contributed by atoms with Crippen LogP contribution in [0.3, 0.4) is 0 Å². The molecule has 1 heterocycles. The molecular weight excluding hydrogens is 224 g/mol. The fraction of sp³-hybridized carbons (Fsp3) is 0.500. The molecule has 0 fully saturated rings. The van der Waals surface area contributed by atoms with Gasteiger partial charge >= 0.3 is 0 Å². The first-order chi connectivity index (χ1) is 7.63. The molecule has 0 saturated heterocycles. The smallest absolute Gasteiger partial charge is 0.227 e. The van der Waals surface area contributed by atoms with Gasteiger partial charge in [0.05, 0.1) is 11.9 Å². The number of hydrogen-bond donors (Lipinski definition) is 1. The van der Waals surface area contributed by atoms with Gasteiger partial charge in [-0.25, -0.2) is 4.98 Å². The van der Waals surface area contributed by atoms with E-state index in [0.717, 1.165) is 19.3 Å². The third-order valence-electron chi connectivity index (χ3n) is 2.43. The van der Waals surface area contributed by atoms with Crippen LogP contribution in [0.2, 0.25) is 5.15 Å². The van der Waals surface area contributed by atoms with Crippen molar-refractivity contribution in [2.75, 3.05) is 5.32 Å². The van der Waals surface area contributed by atoms with Crippen molar-refractivity contribution in [3.05, 3.63) is 23.5 Å². The Labute approximate surface area is 101 Å². The minimum atomic E-state index is 0.0376. The Morgan fingerprint density at radius 1 is 1.56 bits per heavy atom. The number of carbonyl (C=O) groups is 1. The van der Waals surface area contributed by atoms with Gasteiger partial charge in [-0.15, -0.1) is 0 Å². The van der Waals surface area contributed by atoms with Gasteiger partial charge in [0.2, 0.25) is 5.91 Å². The second kappa shape index (κ2) is 6.48. The van der Waals surface area contributed by atoms with Crippen LogP contribution in [-0.2, 0) is 4.79 Å². The fourth-order valence-corrected chi connectivity index (χ4v) is 1.47. The molecule has 1 atom stereocenters. The van der Waals surface area contributed by atoms with Gasteiger partial charge in [-0.1, -0.05) is 38.3 Å². The van der Waals surface area contributed by atoms with E-state index in [4.69, 9.17) is 11.6 Å². The third kappa shape index (κ3) is 4.19. The number of carbonyl (C=O) groups excluding carboxylic acids is 1. The third-order valence-corrected chi connectivity index (χ3v) is 2.66. The summed E-state index contributed by atoms with van der Waals surface area (Å²) in [4.78, 5) is 15.6. The normalized spacial score (nSPS) is 12.2. The molecule has 0 saturated carbocycles. The summed E-state index contributed by atoms with van der Waals surface area (Å²) >= 11 is 5.66. The van der Waals surface area contributed by atoms with Crippen molar-refractivity contribution in [3.8, 4) is 0 Å². The lowest BCUT2D eigenvalue weighted by Crippen LogP contribution is -2.20. The Hall–Kier alpha value is -1.09. The minimum absolute atomic E-state index is 0.0376.